The Hall–Kier alpha value is -2.90. The number of nitrogens with zero attached hydrogens (tertiary/aromatic N) is 2. The summed E-state index contributed by atoms with van der Waals surface area (Å²) in [5.41, 5.74) is 11.8. The second-order valence-electron chi connectivity index (χ2n) is 4.23. The van der Waals surface area contributed by atoms with Crippen LogP contribution in [0.15, 0.2) is 24.5 Å². The molecule has 20 heavy (non-hydrogen) atoms. The molecule has 0 spiro atoms. The minimum Gasteiger partial charge on any atom is -0.368 e. The highest BCUT2D eigenvalue weighted by Crippen LogP contribution is 2.13. The topological polar surface area (TPSA) is 135 Å². The van der Waals surface area contributed by atoms with Gasteiger partial charge in [-0.25, -0.2) is 4.98 Å². The van der Waals surface area contributed by atoms with E-state index in [1.807, 2.05) is 0 Å². The maximum absolute atomic E-state index is 12.3. The van der Waals surface area contributed by atoms with Crippen LogP contribution in [-0.4, -0.2) is 45.7 Å². The average Bonchev–Trinajstić information content (AvgIpc) is 2.83. The zero-order valence-electron chi connectivity index (χ0n) is 10.5. The summed E-state index contributed by atoms with van der Waals surface area (Å²) in [7, 11) is 0. The summed E-state index contributed by atoms with van der Waals surface area (Å²) in [6, 6.07) is 4.80. The Morgan fingerprint density at radius 1 is 1.15 bits per heavy atom. The van der Waals surface area contributed by atoms with Gasteiger partial charge >= 0.3 is 0 Å². The molecule has 5 N–H and O–H groups in total. The minimum absolute atomic E-state index is 0.309. The smallest absolute Gasteiger partial charge is 0.254 e. The molecule has 0 saturated carbocycles. The second-order valence-corrected chi connectivity index (χ2v) is 4.23. The number of aromatic nitrogens is 2. The third-order valence-corrected chi connectivity index (χ3v) is 2.65. The van der Waals surface area contributed by atoms with E-state index in [-0.39, 0.29) is 13.1 Å². The highest BCUT2D eigenvalue weighted by molar-refractivity contribution is 6.00. The first-order chi connectivity index (χ1) is 9.47. The molecule has 0 aliphatic carbocycles. The van der Waals surface area contributed by atoms with Crippen LogP contribution >= 0.6 is 0 Å². The monoisotopic (exact) mass is 275 g/mol. The van der Waals surface area contributed by atoms with Crippen molar-refractivity contribution in [2.24, 2.45) is 11.5 Å². The maximum Gasteiger partial charge on any atom is 0.254 e. The van der Waals surface area contributed by atoms with E-state index in [1.54, 1.807) is 18.2 Å². The number of hydrogen-bond acceptors (Lipinski definition) is 4. The number of aromatic amines is 1. The lowest BCUT2D eigenvalue weighted by molar-refractivity contribution is -0.121. The van der Waals surface area contributed by atoms with Crippen molar-refractivity contribution in [2.75, 3.05) is 13.1 Å². The van der Waals surface area contributed by atoms with Crippen LogP contribution in [0.25, 0.3) is 11.0 Å². The van der Waals surface area contributed by atoms with Gasteiger partial charge in [-0.05, 0) is 18.2 Å². The number of carbonyl (C=O) groups is 3. The van der Waals surface area contributed by atoms with E-state index in [2.05, 4.69) is 9.97 Å². The van der Waals surface area contributed by atoms with Crippen LogP contribution in [0.5, 0.6) is 0 Å². The number of imidazole rings is 1. The lowest BCUT2D eigenvalue weighted by Crippen LogP contribution is -2.43. The number of hydrogen-bond donors (Lipinski definition) is 3. The lowest BCUT2D eigenvalue weighted by Gasteiger charge is -2.19. The van der Waals surface area contributed by atoms with E-state index in [0.717, 1.165) is 4.90 Å². The molecule has 8 nitrogen and oxygen atoms in total. The van der Waals surface area contributed by atoms with E-state index in [1.165, 1.54) is 6.33 Å². The molecule has 1 aromatic carbocycles. The number of nitrogens with two attached hydrogens (primary N) is 2. The van der Waals surface area contributed by atoms with Gasteiger partial charge in [0.15, 0.2) is 0 Å². The Morgan fingerprint density at radius 3 is 2.40 bits per heavy atom. The summed E-state index contributed by atoms with van der Waals surface area (Å²) >= 11 is 0. The fraction of sp³-hybridized carbons (Fsp3) is 0.167. The van der Waals surface area contributed by atoms with Crippen LogP contribution < -0.4 is 11.5 Å². The van der Waals surface area contributed by atoms with Gasteiger partial charge in [-0.15, -0.1) is 0 Å². The molecule has 1 aromatic heterocycles. The Balaban J connectivity index is 2.29. The van der Waals surface area contributed by atoms with Crippen LogP contribution in [0.1, 0.15) is 10.4 Å². The molecule has 104 valence electrons. The summed E-state index contributed by atoms with van der Waals surface area (Å²) < 4.78 is 0. The highest BCUT2D eigenvalue weighted by Gasteiger charge is 2.20. The molecule has 0 fully saturated rings. The number of amides is 3. The number of benzene rings is 1. The predicted octanol–water partition coefficient (Wildman–Crippen LogP) is -1.02. The van der Waals surface area contributed by atoms with Crippen molar-refractivity contribution < 1.29 is 14.4 Å². The molecule has 0 unspecified atom stereocenters. The van der Waals surface area contributed by atoms with Gasteiger partial charge in [0.1, 0.15) is 13.1 Å². The van der Waals surface area contributed by atoms with E-state index >= 15 is 0 Å². The van der Waals surface area contributed by atoms with Crippen molar-refractivity contribution >= 4 is 28.8 Å². The molecular formula is C12H13N5O3. The zero-order chi connectivity index (χ0) is 14.7. The summed E-state index contributed by atoms with van der Waals surface area (Å²) in [6.07, 6.45) is 1.50. The standard InChI is InChI=1S/C12H13N5O3/c13-10(18)4-17(5-11(14)19)12(20)7-1-2-8-9(3-7)16-6-15-8/h1-3,6H,4-5H2,(H2,13,18)(H2,14,19)(H,15,16). The fourth-order valence-corrected chi connectivity index (χ4v) is 1.83. The van der Waals surface area contributed by atoms with E-state index in [4.69, 9.17) is 11.5 Å². The van der Waals surface area contributed by atoms with Crippen molar-refractivity contribution in [2.45, 2.75) is 0 Å². The van der Waals surface area contributed by atoms with Crippen LogP contribution in [0.3, 0.4) is 0 Å². The molecule has 2 rings (SSSR count). The summed E-state index contributed by atoms with van der Waals surface area (Å²) in [5, 5.41) is 0. The Bertz CT molecular complexity index is 663. The van der Waals surface area contributed by atoms with Crippen molar-refractivity contribution in [3.63, 3.8) is 0 Å². The van der Waals surface area contributed by atoms with Gasteiger partial charge in [-0.2, -0.15) is 0 Å². The van der Waals surface area contributed by atoms with Gasteiger partial charge in [0, 0.05) is 5.56 Å². The zero-order valence-corrected chi connectivity index (χ0v) is 10.5. The molecule has 8 heteroatoms. The first kappa shape index (κ1) is 13.5. The molecule has 0 radical (unpaired) electrons. The van der Waals surface area contributed by atoms with Gasteiger partial charge in [-0.1, -0.05) is 0 Å². The number of rotatable bonds is 5. The molecule has 0 atom stereocenters. The average molecular weight is 275 g/mol. The number of carbonyl (C=O) groups excluding carboxylic acids is 3. The number of H-pyrrole nitrogens is 1. The summed E-state index contributed by atoms with van der Waals surface area (Å²) in [6.45, 7) is -0.744. The van der Waals surface area contributed by atoms with Crippen molar-refractivity contribution in [3.05, 3.63) is 30.1 Å². The Kier molecular flexibility index (Phi) is 3.65. The van der Waals surface area contributed by atoms with Crippen molar-refractivity contribution in [1.82, 2.24) is 14.9 Å². The van der Waals surface area contributed by atoms with Gasteiger partial charge in [0.05, 0.1) is 17.4 Å². The molecule has 0 aliphatic rings. The maximum atomic E-state index is 12.3. The van der Waals surface area contributed by atoms with E-state index < -0.39 is 17.7 Å². The quantitative estimate of drug-likeness (QED) is 0.643. The van der Waals surface area contributed by atoms with Gasteiger partial charge in [-0.3, -0.25) is 14.4 Å². The van der Waals surface area contributed by atoms with Gasteiger partial charge in [0.25, 0.3) is 5.91 Å². The van der Waals surface area contributed by atoms with Crippen LogP contribution in [0, 0.1) is 0 Å². The summed E-state index contributed by atoms with van der Waals surface area (Å²) in [5.74, 6) is -1.94. The summed E-state index contributed by atoms with van der Waals surface area (Å²) in [4.78, 5) is 42.1. The third-order valence-electron chi connectivity index (χ3n) is 2.65. The van der Waals surface area contributed by atoms with Crippen LogP contribution in [-0.2, 0) is 9.59 Å². The first-order valence-electron chi connectivity index (χ1n) is 5.76. The highest BCUT2D eigenvalue weighted by atomic mass is 16.2. The number of fused-ring (bicyclic) bond motifs is 1. The van der Waals surface area contributed by atoms with Gasteiger partial charge in [0.2, 0.25) is 11.8 Å². The second kappa shape index (κ2) is 5.39. The minimum atomic E-state index is -0.720. The molecule has 0 bridgehead atoms. The van der Waals surface area contributed by atoms with Crippen LogP contribution in [0.4, 0.5) is 0 Å². The third kappa shape index (κ3) is 2.91. The Labute approximate surface area is 113 Å². The molecule has 3 amide bonds. The number of nitrogens with one attached hydrogen (secondary N) is 1. The first-order valence-corrected chi connectivity index (χ1v) is 5.76. The van der Waals surface area contributed by atoms with Crippen molar-refractivity contribution in [1.29, 1.82) is 0 Å². The van der Waals surface area contributed by atoms with E-state index in [0.29, 0.717) is 16.6 Å². The molecule has 2 aromatic rings. The number of primary amides is 2. The Morgan fingerprint density at radius 2 is 1.80 bits per heavy atom. The van der Waals surface area contributed by atoms with Gasteiger partial charge < -0.3 is 21.4 Å². The molecule has 0 saturated heterocycles. The predicted molar refractivity (Wildman–Crippen MR) is 70.4 cm³/mol. The fourth-order valence-electron chi connectivity index (χ4n) is 1.83. The SMILES string of the molecule is NC(=O)CN(CC(N)=O)C(=O)c1ccc2nc[nH]c2c1. The van der Waals surface area contributed by atoms with E-state index in [9.17, 15) is 14.4 Å². The van der Waals surface area contributed by atoms with Crippen LogP contribution in [0.2, 0.25) is 0 Å². The molecular weight excluding hydrogens is 262 g/mol. The normalized spacial score (nSPS) is 10.4. The molecule has 1 heterocycles. The largest absolute Gasteiger partial charge is 0.368 e. The lowest BCUT2D eigenvalue weighted by atomic mass is 10.1. The molecule has 0 aliphatic heterocycles. The van der Waals surface area contributed by atoms with Crippen molar-refractivity contribution in [3.8, 4) is 0 Å².